The average Bonchev–Trinajstić information content (AvgIpc) is 3.08. The number of ether oxygens (including phenoxy) is 1. The molecule has 0 bridgehead atoms. The van der Waals surface area contributed by atoms with Crippen LogP contribution in [0.2, 0.25) is 5.02 Å². The second-order valence-corrected chi connectivity index (χ2v) is 4.90. The van der Waals surface area contributed by atoms with Crippen LogP contribution in [0.3, 0.4) is 0 Å². The summed E-state index contributed by atoms with van der Waals surface area (Å²) in [5, 5.41) is 3.08. The summed E-state index contributed by atoms with van der Waals surface area (Å²) in [4.78, 5) is 23.2. The van der Waals surface area contributed by atoms with Crippen molar-refractivity contribution in [3.05, 3.63) is 28.8 Å². The van der Waals surface area contributed by atoms with Gasteiger partial charge in [0.15, 0.2) is 0 Å². The molecule has 0 aromatic heterocycles. The van der Waals surface area contributed by atoms with Crippen LogP contribution in [-0.2, 0) is 9.53 Å². The van der Waals surface area contributed by atoms with Gasteiger partial charge >= 0.3 is 5.97 Å². The molecule has 96 valence electrons. The summed E-state index contributed by atoms with van der Waals surface area (Å²) in [6.07, 6.45) is 0.920. The van der Waals surface area contributed by atoms with Crippen LogP contribution in [-0.4, -0.2) is 19.0 Å². The first kappa shape index (κ1) is 12.9. The van der Waals surface area contributed by atoms with E-state index in [1.165, 1.54) is 13.2 Å². The van der Waals surface area contributed by atoms with Crippen LogP contribution in [0.15, 0.2) is 18.2 Å². The minimum absolute atomic E-state index is 0.0133. The Hall–Kier alpha value is -1.55. The van der Waals surface area contributed by atoms with E-state index in [0.717, 1.165) is 6.42 Å². The van der Waals surface area contributed by atoms with E-state index in [9.17, 15) is 9.59 Å². The van der Waals surface area contributed by atoms with E-state index in [-0.39, 0.29) is 17.4 Å². The molecule has 0 heterocycles. The molecule has 1 aromatic rings. The quantitative estimate of drug-likeness (QED) is 0.857. The molecule has 2 rings (SSSR count). The van der Waals surface area contributed by atoms with Gasteiger partial charge in [-0.05, 0) is 30.5 Å². The van der Waals surface area contributed by atoms with Crippen molar-refractivity contribution >= 4 is 29.2 Å². The molecule has 1 fully saturated rings. The zero-order valence-electron chi connectivity index (χ0n) is 10.2. The summed E-state index contributed by atoms with van der Waals surface area (Å²) >= 11 is 5.89. The topological polar surface area (TPSA) is 55.4 Å². The SMILES string of the molecule is COC(=O)c1cc(NC(=O)[C@H]2C[C@H]2C)ccc1Cl. The van der Waals surface area contributed by atoms with Crippen LogP contribution < -0.4 is 5.32 Å². The zero-order valence-corrected chi connectivity index (χ0v) is 11.0. The van der Waals surface area contributed by atoms with Gasteiger partial charge in [-0.1, -0.05) is 18.5 Å². The Labute approximate surface area is 110 Å². The first-order valence-electron chi connectivity index (χ1n) is 5.71. The fourth-order valence-electron chi connectivity index (χ4n) is 1.79. The van der Waals surface area contributed by atoms with E-state index in [1.54, 1.807) is 12.1 Å². The van der Waals surface area contributed by atoms with Gasteiger partial charge in [0.05, 0.1) is 17.7 Å². The summed E-state index contributed by atoms with van der Waals surface area (Å²) in [5.74, 6) is -0.00356. The monoisotopic (exact) mass is 267 g/mol. The first-order valence-corrected chi connectivity index (χ1v) is 6.09. The van der Waals surface area contributed by atoms with Crippen molar-refractivity contribution in [2.45, 2.75) is 13.3 Å². The molecule has 18 heavy (non-hydrogen) atoms. The molecule has 0 unspecified atom stereocenters. The number of methoxy groups -OCH3 is 1. The molecule has 1 aliphatic carbocycles. The molecule has 0 radical (unpaired) electrons. The highest BCUT2D eigenvalue weighted by molar-refractivity contribution is 6.33. The number of amides is 1. The van der Waals surface area contributed by atoms with Crippen LogP contribution >= 0.6 is 11.6 Å². The van der Waals surface area contributed by atoms with Gasteiger partial charge < -0.3 is 10.1 Å². The predicted molar refractivity (Wildman–Crippen MR) is 68.7 cm³/mol. The number of hydrogen-bond donors (Lipinski definition) is 1. The Balaban J connectivity index is 2.14. The molecule has 0 saturated heterocycles. The van der Waals surface area contributed by atoms with Crippen LogP contribution in [0.5, 0.6) is 0 Å². The lowest BCUT2D eigenvalue weighted by atomic mass is 10.2. The van der Waals surface area contributed by atoms with Gasteiger partial charge in [-0.3, -0.25) is 4.79 Å². The first-order chi connectivity index (χ1) is 8.52. The molecule has 1 N–H and O–H groups in total. The van der Waals surface area contributed by atoms with Gasteiger partial charge in [0, 0.05) is 11.6 Å². The molecule has 0 spiro atoms. The van der Waals surface area contributed by atoms with E-state index in [1.807, 2.05) is 6.92 Å². The van der Waals surface area contributed by atoms with E-state index in [0.29, 0.717) is 16.6 Å². The lowest BCUT2D eigenvalue weighted by molar-refractivity contribution is -0.117. The van der Waals surface area contributed by atoms with Crippen molar-refractivity contribution < 1.29 is 14.3 Å². The smallest absolute Gasteiger partial charge is 0.339 e. The number of rotatable bonds is 3. The lowest BCUT2D eigenvalue weighted by Gasteiger charge is -2.07. The second-order valence-electron chi connectivity index (χ2n) is 4.49. The number of halogens is 1. The van der Waals surface area contributed by atoms with Crippen LogP contribution in [0.4, 0.5) is 5.69 Å². The Morgan fingerprint density at radius 2 is 2.11 bits per heavy atom. The molecule has 0 aliphatic heterocycles. The van der Waals surface area contributed by atoms with Gasteiger partial charge in [0.25, 0.3) is 0 Å². The Kier molecular flexibility index (Phi) is 3.57. The Bertz CT molecular complexity index is 501. The summed E-state index contributed by atoms with van der Waals surface area (Å²) in [6.45, 7) is 2.03. The summed E-state index contributed by atoms with van der Waals surface area (Å²) in [5.41, 5.74) is 0.810. The van der Waals surface area contributed by atoms with Gasteiger partial charge in [-0.2, -0.15) is 0 Å². The van der Waals surface area contributed by atoms with E-state index >= 15 is 0 Å². The minimum Gasteiger partial charge on any atom is -0.465 e. The van der Waals surface area contributed by atoms with Gasteiger partial charge in [0.1, 0.15) is 0 Å². The maximum absolute atomic E-state index is 11.8. The highest BCUT2D eigenvalue weighted by atomic mass is 35.5. The standard InChI is InChI=1S/C13H14ClNO3/c1-7-5-9(7)12(16)15-8-3-4-11(14)10(6-8)13(17)18-2/h3-4,6-7,9H,5H2,1-2H3,(H,15,16)/t7-,9+/m1/s1. The third-order valence-electron chi connectivity index (χ3n) is 3.09. The number of anilines is 1. The molecule has 1 amide bonds. The van der Waals surface area contributed by atoms with Crippen LogP contribution in [0, 0.1) is 11.8 Å². The van der Waals surface area contributed by atoms with E-state index in [2.05, 4.69) is 10.1 Å². The average molecular weight is 268 g/mol. The Morgan fingerprint density at radius 3 is 2.67 bits per heavy atom. The molecule has 4 nitrogen and oxygen atoms in total. The van der Waals surface area contributed by atoms with Crippen molar-refractivity contribution in [1.82, 2.24) is 0 Å². The molecular weight excluding hydrogens is 254 g/mol. The van der Waals surface area contributed by atoms with Crippen molar-refractivity contribution in [2.24, 2.45) is 11.8 Å². The number of hydrogen-bond acceptors (Lipinski definition) is 3. The number of nitrogens with one attached hydrogen (secondary N) is 1. The van der Waals surface area contributed by atoms with Crippen LogP contribution in [0.25, 0.3) is 0 Å². The fourth-order valence-corrected chi connectivity index (χ4v) is 1.99. The summed E-state index contributed by atoms with van der Waals surface area (Å²) in [6, 6.07) is 4.76. The maximum Gasteiger partial charge on any atom is 0.339 e. The van der Waals surface area contributed by atoms with E-state index < -0.39 is 5.97 Å². The number of esters is 1. The highest BCUT2D eigenvalue weighted by Crippen LogP contribution is 2.38. The predicted octanol–water partition coefficient (Wildman–Crippen LogP) is 2.72. The van der Waals surface area contributed by atoms with Crippen molar-refractivity contribution in [3.8, 4) is 0 Å². The Morgan fingerprint density at radius 1 is 1.44 bits per heavy atom. The minimum atomic E-state index is -0.518. The van der Waals surface area contributed by atoms with Crippen molar-refractivity contribution in [2.75, 3.05) is 12.4 Å². The van der Waals surface area contributed by atoms with Gasteiger partial charge in [-0.15, -0.1) is 0 Å². The summed E-state index contributed by atoms with van der Waals surface area (Å²) < 4.78 is 4.62. The molecule has 1 saturated carbocycles. The highest BCUT2D eigenvalue weighted by Gasteiger charge is 2.39. The summed E-state index contributed by atoms with van der Waals surface area (Å²) in [7, 11) is 1.29. The largest absolute Gasteiger partial charge is 0.465 e. The van der Waals surface area contributed by atoms with Crippen molar-refractivity contribution in [1.29, 1.82) is 0 Å². The molecule has 1 aliphatic rings. The maximum atomic E-state index is 11.8. The fraction of sp³-hybridized carbons (Fsp3) is 0.385. The van der Waals surface area contributed by atoms with Crippen LogP contribution in [0.1, 0.15) is 23.7 Å². The van der Waals surface area contributed by atoms with E-state index in [4.69, 9.17) is 11.6 Å². The molecule has 1 aromatic carbocycles. The lowest BCUT2D eigenvalue weighted by Crippen LogP contribution is -2.15. The molecule has 5 heteroatoms. The molecule has 2 atom stereocenters. The molecular formula is C13H14ClNO3. The number of carbonyl (C=O) groups is 2. The van der Waals surface area contributed by atoms with Gasteiger partial charge in [0.2, 0.25) is 5.91 Å². The normalized spacial score (nSPS) is 21.3. The van der Waals surface area contributed by atoms with Gasteiger partial charge in [-0.25, -0.2) is 4.79 Å². The third kappa shape index (κ3) is 2.64. The van der Waals surface area contributed by atoms with Crippen molar-refractivity contribution in [3.63, 3.8) is 0 Å². The zero-order chi connectivity index (χ0) is 13.3. The third-order valence-corrected chi connectivity index (χ3v) is 3.42. The number of benzene rings is 1. The number of carbonyl (C=O) groups excluding carboxylic acids is 2. The second kappa shape index (κ2) is 4.98.